The van der Waals surface area contributed by atoms with Gasteiger partial charge in [0.2, 0.25) is 5.89 Å². The highest BCUT2D eigenvalue weighted by Crippen LogP contribution is 2.19. The Hall–Kier alpha value is -1.91. The molecule has 1 aromatic heterocycles. The summed E-state index contributed by atoms with van der Waals surface area (Å²) in [6.07, 6.45) is 0.697. The lowest BCUT2D eigenvalue weighted by Gasteiger charge is -2.06. The maximum absolute atomic E-state index is 12.9. The Morgan fingerprint density at radius 1 is 1.29 bits per heavy atom. The molecular formula is C12H13FN2O2. The van der Waals surface area contributed by atoms with Crippen LogP contribution in [0.25, 0.3) is 0 Å². The van der Waals surface area contributed by atoms with Gasteiger partial charge in [-0.3, -0.25) is 0 Å². The van der Waals surface area contributed by atoms with E-state index < -0.39 is 0 Å². The summed E-state index contributed by atoms with van der Waals surface area (Å²) in [6.45, 7) is 3.91. The summed E-state index contributed by atoms with van der Waals surface area (Å²) in [4.78, 5) is 0. The van der Waals surface area contributed by atoms with Crippen molar-refractivity contribution in [2.24, 2.45) is 0 Å². The van der Waals surface area contributed by atoms with Crippen molar-refractivity contribution in [3.63, 3.8) is 0 Å². The Bertz CT molecular complexity index is 511. The van der Waals surface area contributed by atoms with Crippen LogP contribution in [0.15, 0.2) is 22.6 Å². The Morgan fingerprint density at radius 3 is 2.71 bits per heavy atom. The molecule has 17 heavy (non-hydrogen) atoms. The average molecular weight is 236 g/mol. The van der Waals surface area contributed by atoms with E-state index >= 15 is 0 Å². The lowest BCUT2D eigenvalue weighted by molar-refractivity contribution is 0.257. The second kappa shape index (κ2) is 4.95. The van der Waals surface area contributed by atoms with E-state index in [9.17, 15) is 4.39 Å². The fraction of sp³-hybridized carbons (Fsp3) is 0.333. The minimum Gasteiger partial charge on any atom is -0.484 e. The molecule has 5 heteroatoms. The molecule has 1 aromatic carbocycles. The molecule has 0 radical (unpaired) electrons. The average Bonchev–Trinajstić information content (AvgIpc) is 2.76. The van der Waals surface area contributed by atoms with E-state index in [2.05, 4.69) is 10.2 Å². The molecule has 0 fully saturated rings. The molecule has 0 aliphatic rings. The van der Waals surface area contributed by atoms with Crippen molar-refractivity contribution in [3.05, 3.63) is 41.4 Å². The second-order valence-electron chi connectivity index (χ2n) is 3.64. The third-order valence-electron chi connectivity index (χ3n) is 2.30. The summed E-state index contributed by atoms with van der Waals surface area (Å²) in [5, 5.41) is 7.66. The van der Waals surface area contributed by atoms with Crippen molar-refractivity contribution in [1.82, 2.24) is 10.2 Å². The van der Waals surface area contributed by atoms with Crippen molar-refractivity contribution >= 4 is 0 Å². The smallest absolute Gasteiger partial charge is 0.253 e. The minimum absolute atomic E-state index is 0.194. The van der Waals surface area contributed by atoms with Crippen molar-refractivity contribution in [2.45, 2.75) is 26.9 Å². The molecule has 2 rings (SSSR count). The van der Waals surface area contributed by atoms with Crippen LogP contribution in [0.3, 0.4) is 0 Å². The summed E-state index contributed by atoms with van der Waals surface area (Å²) in [7, 11) is 0. The molecule has 0 bridgehead atoms. The lowest BCUT2D eigenvalue weighted by atomic mass is 10.2. The number of benzene rings is 1. The van der Waals surface area contributed by atoms with E-state index in [0.29, 0.717) is 24.0 Å². The molecule has 2 aromatic rings. The molecule has 0 aliphatic carbocycles. The fourth-order valence-electron chi connectivity index (χ4n) is 1.40. The van der Waals surface area contributed by atoms with Gasteiger partial charge >= 0.3 is 0 Å². The first-order valence-electron chi connectivity index (χ1n) is 5.39. The number of hydrogen-bond donors (Lipinski definition) is 0. The van der Waals surface area contributed by atoms with Gasteiger partial charge in [-0.15, -0.1) is 10.2 Å². The fourth-order valence-corrected chi connectivity index (χ4v) is 1.40. The summed E-state index contributed by atoms with van der Waals surface area (Å²) in [6, 6.07) is 4.36. The Labute approximate surface area is 98.4 Å². The number of aryl methyl sites for hydroxylation is 2. The molecule has 1 heterocycles. The van der Waals surface area contributed by atoms with Gasteiger partial charge in [0.15, 0.2) is 6.61 Å². The monoisotopic (exact) mass is 236 g/mol. The van der Waals surface area contributed by atoms with E-state index in [0.717, 1.165) is 5.56 Å². The predicted octanol–water partition coefficient (Wildman–Crippen LogP) is 2.66. The first-order chi connectivity index (χ1) is 8.19. The number of nitrogens with zero attached hydrogens (tertiary/aromatic N) is 2. The molecule has 0 saturated carbocycles. The van der Waals surface area contributed by atoms with Crippen LogP contribution < -0.4 is 4.74 Å². The standard InChI is InChI=1S/C12H13FN2O2/c1-3-11-14-15-12(17-11)7-16-10-5-4-9(13)6-8(10)2/h4-6H,3,7H2,1-2H3. The van der Waals surface area contributed by atoms with Crippen molar-refractivity contribution in [1.29, 1.82) is 0 Å². The van der Waals surface area contributed by atoms with Crippen LogP contribution in [-0.2, 0) is 13.0 Å². The zero-order chi connectivity index (χ0) is 12.3. The highest BCUT2D eigenvalue weighted by atomic mass is 19.1. The van der Waals surface area contributed by atoms with Crippen molar-refractivity contribution < 1.29 is 13.5 Å². The normalized spacial score (nSPS) is 10.5. The van der Waals surface area contributed by atoms with Gasteiger partial charge in [-0.05, 0) is 30.7 Å². The lowest BCUT2D eigenvalue weighted by Crippen LogP contribution is -1.97. The van der Waals surface area contributed by atoms with E-state index in [-0.39, 0.29) is 12.4 Å². The highest BCUT2D eigenvalue weighted by Gasteiger charge is 2.06. The first kappa shape index (κ1) is 11.6. The molecular weight excluding hydrogens is 223 g/mol. The molecule has 0 N–H and O–H groups in total. The number of hydrogen-bond acceptors (Lipinski definition) is 4. The number of aromatic nitrogens is 2. The van der Waals surface area contributed by atoms with E-state index in [4.69, 9.17) is 9.15 Å². The van der Waals surface area contributed by atoms with E-state index in [1.165, 1.54) is 12.1 Å². The Morgan fingerprint density at radius 2 is 2.06 bits per heavy atom. The quantitative estimate of drug-likeness (QED) is 0.818. The zero-order valence-electron chi connectivity index (χ0n) is 9.74. The number of rotatable bonds is 4. The Kier molecular flexibility index (Phi) is 3.37. The summed E-state index contributed by atoms with van der Waals surface area (Å²) >= 11 is 0. The molecule has 0 amide bonds. The maximum atomic E-state index is 12.9. The topological polar surface area (TPSA) is 48.2 Å². The number of halogens is 1. The van der Waals surface area contributed by atoms with E-state index in [1.807, 2.05) is 6.92 Å². The molecule has 0 saturated heterocycles. The zero-order valence-corrected chi connectivity index (χ0v) is 9.74. The van der Waals surface area contributed by atoms with Crippen LogP contribution in [0.4, 0.5) is 4.39 Å². The summed E-state index contributed by atoms with van der Waals surface area (Å²) in [5.74, 6) is 1.34. The molecule has 0 unspecified atom stereocenters. The molecule has 0 aliphatic heterocycles. The molecule has 4 nitrogen and oxygen atoms in total. The van der Waals surface area contributed by atoms with Gasteiger partial charge in [-0.1, -0.05) is 6.92 Å². The summed E-state index contributed by atoms with van der Waals surface area (Å²) in [5.41, 5.74) is 0.736. The van der Waals surface area contributed by atoms with Crippen molar-refractivity contribution in [3.8, 4) is 5.75 Å². The maximum Gasteiger partial charge on any atom is 0.253 e. The largest absolute Gasteiger partial charge is 0.484 e. The van der Waals surface area contributed by atoms with Crippen LogP contribution in [0.5, 0.6) is 5.75 Å². The predicted molar refractivity (Wildman–Crippen MR) is 59.1 cm³/mol. The van der Waals surface area contributed by atoms with Crippen LogP contribution >= 0.6 is 0 Å². The Balaban J connectivity index is 2.02. The summed E-state index contributed by atoms with van der Waals surface area (Å²) < 4.78 is 23.6. The first-order valence-corrected chi connectivity index (χ1v) is 5.39. The molecule has 0 atom stereocenters. The van der Waals surface area contributed by atoms with Crippen LogP contribution in [0.2, 0.25) is 0 Å². The molecule has 0 spiro atoms. The van der Waals surface area contributed by atoms with Crippen LogP contribution in [0, 0.1) is 12.7 Å². The van der Waals surface area contributed by atoms with Gasteiger partial charge in [0.1, 0.15) is 11.6 Å². The second-order valence-corrected chi connectivity index (χ2v) is 3.64. The van der Waals surface area contributed by atoms with Gasteiger partial charge < -0.3 is 9.15 Å². The molecule has 90 valence electrons. The van der Waals surface area contributed by atoms with Crippen LogP contribution in [-0.4, -0.2) is 10.2 Å². The SMILES string of the molecule is CCc1nnc(COc2ccc(F)cc2C)o1. The highest BCUT2D eigenvalue weighted by molar-refractivity contribution is 5.32. The van der Waals surface area contributed by atoms with Gasteiger partial charge in [-0.2, -0.15) is 0 Å². The van der Waals surface area contributed by atoms with E-state index in [1.54, 1.807) is 13.0 Å². The van der Waals surface area contributed by atoms with Gasteiger partial charge in [-0.25, -0.2) is 4.39 Å². The van der Waals surface area contributed by atoms with Gasteiger partial charge in [0.05, 0.1) is 0 Å². The minimum atomic E-state index is -0.277. The van der Waals surface area contributed by atoms with Gasteiger partial charge in [0, 0.05) is 6.42 Å². The third-order valence-corrected chi connectivity index (χ3v) is 2.30. The third kappa shape index (κ3) is 2.81. The van der Waals surface area contributed by atoms with Crippen molar-refractivity contribution in [2.75, 3.05) is 0 Å². The van der Waals surface area contributed by atoms with Crippen LogP contribution in [0.1, 0.15) is 24.3 Å². The van der Waals surface area contributed by atoms with Gasteiger partial charge in [0.25, 0.3) is 5.89 Å². The number of ether oxygens (including phenoxy) is 1.